The smallest absolute Gasteiger partial charge is 0.282 e. The zero-order valence-electron chi connectivity index (χ0n) is 9.85. The van der Waals surface area contributed by atoms with Gasteiger partial charge in [-0.1, -0.05) is 6.42 Å². The molecular formula is C10H21N3O2S. The summed E-state index contributed by atoms with van der Waals surface area (Å²) in [5.41, 5.74) is 0. The largest absolute Gasteiger partial charge is 0.312 e. The summed E-state index contributed by atoms with van der Waals surface area (Å²) >= 11 is 0. The number of piperidine rings is 1. The molecule has 1 N–H and O–H groups in total. The molecule has 1 unspecified atom stereocenters. The minimum Gasteiger partial charge on any atom is -0.312 e. The van der Waals surface area contributed by atoms with Crippen molar-refractivity contribution < 1.29 is 8.42 Å². The maximum Gasteiger partial charge on any atom is 0.282 e. The van der Waals surface area contributed by atoms with Gasteiger partial charge in [-0.2, -0.15) is 17.0 Å². The van der Waals surface area contributed by atoms with Crippen LogP contribution in [-0.4, -0.2) is 55.8 Å². The normalized spacial score (nSPS) is 30.4. The Kier molecular flexibility index (Phi) is 3.84. The molecule has 0 aromatic heterocycles. The summed E-state index contributed by atoms with van der Waals surface area (Å²) in [4.78, 5) is 0. The minimum atomic E-state index is -3.19. The highest BCUT2D eigenvalue weighted by Gasteiger charge is 2.32. The van der Waals surface area contributed by atoms with Gasteiger partial charge in [-0.05, 0) is 19.8 Å². The van der Waals surface area contributed by atoms with Crippen molar-refractivity contribution in [1.29, 1.82) is 0 Å². The second-order valence-electron chi connectivity index (χ2n) is 4.68. The predicted octanol–water partition coefficient (Wildman–Crippen LogP) is 0.0108. The fourth-order valence-corrected chi connectivity index (χ4v) is 4.15. The Morgan fingerprint density at radius 3 is 2.38 bits per heavy atom. The van der Waals surface area contributed by atoms with Crippen molar-refractivity contribution in [2.45, 2.75) is 32.2 Å². The van der Waals surface area contributed by atoms with Crippen molar-refractivity contribution in [3.05, 3.63) is 0 Å². The third-order valence-corrected chi connectivity index (χ3v) is 5.30. The molecule has 0 amide bonds. The van der Waals surface area contributed by atoms with Crippen LogP contribution in [0.25, 0.3) is 0 Å². The van der Waals surface area contributed by atoms with Gasteiger partial charge in [0.25, 0.3) is 10.2 Å². The van der Waals surface area contributed by atoms with Crippen LogP contribution in [0, 0.1) is 0 Å². The Morgan fingerprint density at radius 2 is 1.75 bits per heavy atom. The van der Waals surface area contributed by atoms with Crippen LogP contribution in [0.3, 0.4) is 0 Å². The second kappa shape index (κ2) is 5.00. The van der Waals surface area contributed by atoms with Crippen LogP contribution in [-0.2, 0) is 10.2 Å². The molecule has 94 valence electrons. The summed E-state index contributed by atoms with van der Waals surface area (Å²) in [7, 11) is -3.19. The molecule has 2 rings (SSSR count). The first-order valence-electron chi connectivity index (χ1n) is 6.09. The van der Waals surface area contributed by atoms with Crippen molar-refractivity contribution in [3.63, 3.8) is 0 Å². The van der Waals surface area contributed by atoms with Gasteiger partial charge in [0.1, 0.15) is 0 Å². The topological polar surface area (TPSA) is 52.7 Å². The molecule has 2 fully saturated rings. The van der Waals surface area contributed by atoms with Crippen LogP contribution in [0.2, 0.25) is 0 Å². The van der Waals surface area contributed by atoms with E-state index in [-0.39, 0.29) is 6.04 Å². The third kappa shape index (κ3) is 2.56. The van der Waals surface area contributed by atoms with E-state index >= 15 is 0 Å². The zero-order valence-corrected chi connectivity index (χ0v) is 10.7. The Labute approximate surface area is 98.0 Å². The van der Waals surface area contributed by atoms with Gasteiger partial charge in [0.15, 0.2) is 0 Å². The molecule has 2 saturated heterocycles. The van der Waals surface area contributed by atoms with Gasteiger partial charge in [-0.15, -0.1) is 0 Å². The number of nitrogens with zero attached hydrogens (tertiary/aromatic N) is 2. The Morgan fingerprint density at radius 1 is 1.06 bits per heavy atom. The van der Waals surface area contributed by atoms with E-state index in [1.807, 2.05) is 6.92 Å². The van der Waals surface area contributed by atoms with Crippen molar-refractivity contribution >= 4 is 10.2 Å². The first kappa shape index (κ1) is 12.3. The standard InChI is InChI=1S/C10H21N3O2S/c1-10-9-13(8-5-11-10)16(14,15)12-6-3-2-4-7-12/h10-11H,2-9H2,1H3. The number of rotatable bonds is 2. The second-order valence-corrected chi connectivity index (χ2v) is 6.61. The van der Waals surface area contributed by atoms with Crippen LogP contribution in [0.1, 0.15) is 26.2 Å². The lowest BCUT2D eigenvalue weighted by Crippen LogP contribution is -2.55. The molecular weight excluding hydrogens is 226 g/mol. The molecule has 0 bridgehead atoms. The van der Waals surface area contributed by atoms with Gasteiger partial charge in [0, 0.05) is 38.8 Å². The maximum atomic E-state index is 12.3. The van der Waals surface area contributed by atoms with Gasteiger partial charge in [-0.25, -0.2) is 0 Å². The molecule has 0 aromatic rings. The lowest BCUT2D eigenvalue weighted by Gasteiger charge is -2.36. The third-order valence-electron chi connectivity index (χ3n) is 3.30. The van der Waals surface area contributed by atoms with E-state index in [0.29, 0.717) is 26.2 Å². The van der Waals surface area contributed by atoms with E-state index in [9.17, 15) is 8.42 Å². The zero-order chi connectivity index (χ0) is 11.6. The Balaban J connectivity index is 2.05. The molecule has 0 saturated carbocycles. The minimum absolute atomic E-state index is 0.258. The van der Waals surface area contributed by atoms with Crippen LogP contribution < -0.4 is 5.32 Å². The predicted molar refractivity (Wildman–Crippen MR) is 63.4 cm³/mol. The highest BCUT2D eigenvalue weighted by Crippen LogP contribution is 2.17. The van der Waals surface area contributed by atoms with Gasteiger partial charge < -0.3 is 5.32 Å². The van der Waals surface area contributed by atoms with Gasteiger partial charge in [0.2, 0.25) is 0 Å². The molecule has 6 heteroatoms. The van der Waals surface area contributed by atoms with Crippen molar-refractivity contribution in [3.8, 4) is 0 Å². The van der Waals surface area contributed by atoms with Crippen LogP contribution in [0.5, 0.6) is 0 Å². The molecule has 5 nitrogen and oxygen atoms in total. The van der Waals surface area contributed by atoms with E-state index < -0.39 is 10.2 Å². The maximum absolute atomic E-state index is 12.3. The van der Waals surface area contributed by atoms with Gasteiger partial charge >= 0.3 is 0 Å². The van der Waals surface area contributed by atoms with Gasteiger partial charge in [-0.3, -0.25) is 0 Å². The van der Waals surface area contributed by atoms with Crippen molar-refractivity contribution in [1.82, 2.24) is 13.9 Å². The lowest BCUT2D eigenvalue weighted by molar-refractivity contribution is 0.266. The number of hydrogen-bond acceptors (Lipinski definition) is 3. The first-order valence-corrected chi connectivity index (χ1v) is 7.49. The SMILES string of the molecule is CC1CN(S(=O)(=O)N2CCCCC2)CCN1. The summed E-state index contributed by atoms with van der Waals surface area (Å²) in [6.45, 7) is 5.37. The van der Waals surface area contributed by atoms with Crippen LogP contribution in [0.4, 0.5) is 0 Å². The van der Waals surface area contributed by atoms with E-state index in [0.717, 1.165) is 25.8 Å². The Hall–Kier alpha value is -0.170. The molecule has 16 heavy (non-hydrogen) atoms. The Bertz CT molecular complexity index is 325. The number of piperazine rings is 1. The van der Waals surface area contributed by atoms with E-state index in [4.69, 9.17) is 0 Å². The molecule has 0 aromatic carbocycles. The molecule has 2 aliphatic heterocycles. The van der Waals surface area contributed by atoms with E-state index in [2.05, 4.69) is 5.32 Å². The molecule has 0 aliphatic carbocycles. The van der Waals surface area contributed by atoms with Gasteiger partial charge in [0.05, 0.1) is 0 Å². The van der Waals surface area contributed by atoms with E-state index in [1.54, 1.807) is 8.61 Å². The van der Waals surface area contributed by atoms with Crippen molar-refractivity contribution in [2.24, 2.45) is 0 Å². The fraction of sp³-hybridized carbons (Fsp3) is 1.00. The molecule has 0 radical (unpaired) electrons. The molecule has 2 aliphatic rings. The lowest BCUT2D eigenvalue weighted by atomic mass is 10.2. The average Bonchev–Trinajstić information content (AvgIpc) is 2.30. The summed E-state index contributed by atoms with van der Waals surface area (Å²) in [5.74, 6) is 0. The summed E-state index contributed by atoms with van der Waals surface area (Å²) in [5, 5.41) is 3.26. The average molecular weight is 247 g/mol. The number of nitrogens with one attached hydrogen (secondary N) is 1. The number of hydrogen-bond donors (Lipinski definition) is 1. The molecule has 0 spiro atoms. The van der Waals surface area contributed by atoms with Crippen LogP contribution in [0.15, 0.2) is 0 Å². The summed E-state index contributed by atoms with van der Waals surface area (Å²) in [6.07, 6.45) is 3.16. The molecule has 1 atom stereocenters. The molecule has 2 heterocycles. The quantitative estimate of drug-likeness (QED) is 0.748. The van der Waals surface area contributed by atoms with E-state index in [1.165, 1.54) is 0 Å². The summed E-state index contributed by atoms with van der Waals surface area (Å²) in [6, 6.07) is 0.258. The van der Waals surface area contributed by atoms with Crippen LogP contribution >= 0.6 is 0 Å². The summed E-state index contributed by atoms with van der Waals surface area (Å²) < 4.78 is 27.9. The fourth-order valence-electron chi connectivity index (χ4n) is 2.37. The monoisotopic (exact) mass is 247 g/mol. The highest BCUT2D eigenvalue weighted by atomic mass is 32.2. The van der Waals surface area contributed by atoms with Crippen molar-refractivity contribution in [2.75, 3.05) is 32.7 Å². The highest BCUT2D eigenvalue weighted by molar-refractivity contribution is 7.86. The first-order chi connectivity index (χ1) is 7.60.